The number of aryl methyl sites for hydroxylation is 1. The average molecular weight is 463 g/mol. The van der Waals surface area contributed by atoms with Crippen molar-refractivity contribution in [3.8, 4) is 0 Å². The molecule has 2 heterocycles. The maximum Gasteiger partial charge on any atom is 0.269 e. The van der Waals surface area contributed by atoms with Gasteiger partial charge in [0.15, 0.2) is 0 Å². The highest BCUT2D eigenvalue weighted by Gasteiger charge is 2.76. The van der Waals surface area contributed by atoms with Crippen LogP contribution in [0, 0.1) is 6.92 Å². The number of hydrogen-bond donors (Lipinski definition) is 0. The molecule has 34 heavy (non-hydrogen) atoms. The van der Waals surface area contributed by atoms with Gasteiger partial charge in [-0.05, 0) is 47.9 Å². The van der Waals surface area contributed by atoms with E-state index in [0.29, 0.717) is 11.5 Å². The van der Waals surface area contributed by atoms with E-state index in [9.17, 15) is 8.42 Å². The van der Waals surface area contributed by atoms with Crippen LogP contribution in [0.5, 0.6) is 0 Å². The minimum Gasteiger partial charge on any atom is -0.233 e. The summed E-state index contributed by atoms with van der Waals surface area (Å²) in [5, 5.41) is 0. The van der Waals surface area contributed by atoms with E-state index in [0.717, 1.165) is 22.4 Å². The molecule has 0 unspecified atom stereocenters. The van der Waals surface area contributed by atoms with Gasteiger partial charge in [0.25, 0.3) is 10.0 Å². The smallest absolute Gasteiger partial charge is 0.233 e. The van der Waals surface area contributed by atoms with Gasteiger partial charge in [0.2, 0.25) is 0 Å². The van der Waals surface area contributed by atoms with E-state index in [-0.39, 0.29) is 16.7 Å². The number of benzene rings is 4. The van der Waals surface area contributed by atoms with Gasteiger partial charge in [-0.15, -0.1) is 0 Å². The molecule has 1 spiro atoms. The van der Waals surface area contributed by atoms with Crippen LogP contribution in [0.25, 0.3) is 0 Å². The summed E-state index contributed by atoms with van der Waals surface area (Å²) >= 11 is 0. The number of sulfonamides is 1. The topological polar surface area (TPSA) is 49.7 Å². The van der Waals surface area contributed by atoms with Gasteiger partial charge in [-0.2, -0.15) is 0 Å². The van der Waals surface area contributed by atoms with Crippen molar-refractivity contribution < 1.29 is 8.42 Å². The van der Waals surface area contributed by atoms with E-state index >= 15 is 0 Å². The zero-order valence-corrected chi connectivity index (χ0v) is 19.4. The lowest BCUT2D eigenvalue weighted by Gasteiger charge is -2.34. The Bertz CT molecular complexity index is 1590. The third-order valence-electron chi connectivity index (χ3n) is 7.55. The average Bonchev–Trinajstić information content (AvgIpc) is 3.46. The standard InChI is InChI=1S/C29H22N2O2S/c1-19-15-17-21(18-16-19)34(32,33)31-25-14-8-5-11-22(25)27-26(20-9-3-2-4-10-20)29(27)23-12-6-7-13-24(23)30-28(29)31/h2-18,26-27H,1H3/t26-,27-,29+/m0/s1. The fourth-order valence-electron chi connectivity index (χ4n) is 6.11. The number of para-hydroxylation sites is 2. The first-order valence-electron chi connectivity index (χ1n) is 11.5. The molecule has 4 nitrogen and oxygen atoms in total. The molecule has 3 atom stereocenters. The second-order valence-electron chi connectivity index (χ2n) is 9.33. The van der Waals surface area contributed by atoms with Crippen LogP contribution in [-0.4, -0.2) is 14.3 Å². The molecular formula is C29H22N2O2S. The lowest BCUT2D eigenvalue weighted by atomic mass is 9.86. The maximum atomic E-state index is 14.2. The number of hydrogen-bond acceptors (Lipinski definition) is 3. The highest BCUT2D eigenvalue weighted by atomic mass is 32.2. The summed E-state index contributed by atoms with van der Waals surface area (Å²) in [7, 11) is -3.88. The van der Waals surface area contributed by atoms with Gasteiger partial charge in [0.1, 0.15) is 5.84 Å². The summed E-state index contributed by atoms with van der Waals surface area (Å²) < 4.78 is 29.9. The number of rotatable bonds is 3. The molecule has 0 bridgehead atoms. The second-order valence-corrected chi connectivity index (χ2v) is 11.1. The van der Waals surface area contributed by atoms with E-state index in [4.69, 9.17) is 4.99 Å². The fourth-order valence-corrected chi connectivity index (χ4v) is 7.65. The predicted molar refractivity (Wildman–Crippen MR) is 134 cm³/mol. The van der Waals surface area contributed by atoms with Crippen LogP contribution in [0.15, 0.2) is 113 Å². The highest BCUT2D eigenvalue weighted by Crippen LogP contribution is 2.77. The molecule has 166 valence electrons. The first kappa shape index (κ1) is 19.7. The van der Waals surface area contributed by atoms with Crippen molar-refractivity contribution in [1.29, 1.82) is 0 Å². The Balaban J connectivity index is 1.53. The van der Waals surface area contributed by atoms with Gasteiger partial charge < -0.3 is 0 Å². The molecule has 0 amide bonds. The van der Waals surface area contributed by atoms with E-state index in [1.807, 2.05) is 61.5 Å². The minimum atomic E-state index is -3.88. The van der Waals surface area contributed by atoms with Gasteiger partial charge in [-0.3, -0.25) is 0 Å². The van der Waals surface area contributed by atoms with Crippen LogP contribution >= 0.6 is 0 Å². The van der Waals surface area contributed by atoms with Crippen LogP contribution in [0.4, 0.5) is 11.4 Å². The molecule has 4 aromatic carbocycles. The molecule has 1 aliphatic carbocycles. The molecule has 0 radical (unpaired) electrons. The lowest BCUT2D eigenvalue weighted by Crippen LogP contribution is -2.45. The summed E-state index contributed by atoms with van der Waals surface area (Å²) in [6.07, 6.45) is 0. The van der Waals surface area contributed by atoms with Gasteiger partial charge in [0.05, 0.1) is 21.7 Å². The predicted octanol–water partition coefficient (Wildman–Crippen LogP) is 6.07. The van der Waals surface area contributed by atoms with Crippen molar-refractivity contribution in [2.45, 2.75) is 29.1 Å². The summed E-state index contributed by atoms with van der Waals surface area (Å²) in [5.74, 6) is 0.875. The summed E-state index contributed by atoms with van der Waals surface area (Å²) in [4.78, 5) is 5.29. The van der Waals surface area contributed by atoms with Crippen molar-refractivity contribution in [2.75, 3.05) is 4.31 Å². The summed E-state index contributed by atoms with van der Waals surface area (Å²) in [6.45, 7) is 1.96. The molecule has 5 heteroatoms. The minimum absolute atomic E-state index is 0.121. The van der Waals surface area contributed by atoms with Gasteiger partial charge in [-0.25, -0.2) is 17.7 Å². The Morgan fingerprint density at radius 3 is 2.24 bits per heavy atom. The fraction of sp³-hybridized carbons (Fsp3) is 0.138. The van der Waals surface area contributed by atoms with Crippen molar-refractivity contribution in [3.63, 3.8) is 0 Å². The third kappa shape index (κ3) is 2.37. The quantitative estimate of drug-likeness (QED) is 0.371. The normalized spacial score (nSPS) is 23.9. The first-order chi connectivity index (χ1) is 16.5. The Hall–Kier alpha value is -3.70. The Morgan fingerprint density at radius 2 is 1.44 bits per heavy atom. The molecule has 2 aliphatic heterocycles. The van der Waals surface area contributed by atoms with E-state index in [2.05, 4.69) is 36.4 Å². The zero-order valence-electron chi connectivity index (χ0n) is 18.6. The molecule has 3 aliphatic rings. The van der Waals surface area contributed by atoms with Crippen LogP contribution in [0.1, 0.15) is 34.1 Å². The van der Waals surface area contributed by atoms with Crippen molar-refractivity contribution in [2.24, 2.45) is 4.99 Å². The number of fused-ring (bicyclic) bond motifs is 3. The van der Waals surface area contributed by atoms with Crippen LogP contribution in [0.2, 0.25) is 0 Å². The van der Waals surface area contributed by atoms with Crippen LogP contribution < -0.4 is 4.31 Å². The molecule has 0 saturated heterocycles. The van der Waals surface area contributed by atoms with Crippen LogP contribution in [0.3, 0.4) is 0 Å². The van der Waals surface area contributed by atoms with Crippen molar-refractivity contribution >= 4 is 27.2 Å². The Kier molecular flexibility index (Phi) is 3.87. The molecule has 4 aromatic rings. The molecular weight excluding hydrogens is 440 g/mol. The Morgan fingerprint density at radius 1 is 0.765 bits per heavy atom. The monoisotopic (exact) mass is 462 g/mol. The number of aliphatic imine (C=N–C) groups is 1. The number of anilines is 1. The van der Waals surface area contributed by atoms with Gasteiger partial charge >= 0.3 is 0 Å². The van der Waals surface area contributed by atoms with E-state index in [1.54, 1.807) is 12.1 Å². The molecule has 0 N–H and O–H groups in total. The zero-order chi connectivity index (χ0) is 23.1. The molecule has 7 rings (SSSR count). The van der Waals surface area contributed by atoms with Gasteiger partial charge in [0, 0.05) is 11.8 Å². The SMILES string of the molecule is Cc1ccc(S(=O)(=O)N2C3=Nc4ccccc4[C@]34[C@@H](c3ccccc3)[C@@H]4c3ccccc32)cc1. The maximum absolute atomic E-state index is 14.2. The van der Waals surface area contributed by atoms with E-state index < -0.39 is 15.4 Å². The Labute approximate surface area is 199 Å². The third-order valence-corrected chi connectivity index (χ3v) is 9.27. The van der Waals surface area contributed by atoms with E-state index in [1.165, 1.54) is 9.87 Å². The highest BCUT2D eigenvalue weighted by molar-refractivity contribution is 7.93. The first-order valence-corrected chi connectivity index (χ1v) is 12.9. The van der Waals surface area contributed by atoms with Crippen LogP contribution in [-0.2, 0) is 15.4 Å². The van der Waals surface area contributed by atoms with Gasteiger partial charge in [-0.1, -0.05) is 84.4 Å². The molecule has 1 fully saturated rings. The summed E-state index contributed by atoms with van der Waals surface area (Å²) in [5.41, 5.74) is 5.47. The largest absolute Gasteiger partial charge is 0.269 e. The number of amidine groups is 1. The lowest BCUT2D eigenvalue weighted by molar-refractivity contribution is 0.595. The second kappa shape index (κ2) is 6.67. The molecule has 0 aromatic heterocycles. The molecule has 1 saturated carbocycles. The van der Waals surface area contributed by atoms with Crippen molar-refractivity contribution in [1.82, 2.24) is 0 Å². The summed E-state index contributed by atoms with van der Waals surface area (Å²) in [6, 6.07) is 33.5. The van der Waals surface area contributed by atoms with Crippen molar-refractivity contribution in [3.05, 3.63) is 125 Å². The number of nitrogens with zero attached hydrogens (tertiary/aromatic N) is 2.